The minimum Gasteiger partial charge on any atom is -0.381 e. The van der Waals surface area contributed by atoms with Crippen molar-refractivity contribution in [3.05, 3.63) is 0 Å². The van der Waals surface area contributed by atoms with Gasteiger partial charge in [0.2, 0.25) is 5.91 Å². The van der Waals surface area contributed by atoms with Crippen LogP contribution in [0.4, 0.5) is 0 Å². The smallest absolute Gasteiger partial charge is 0.234 e. The maximum atomic E-state index is 11.8. The highest BCUT2D eigenvalue weighted by Crippen LogP contribution is 2.05. The van der Waals surface area contributed by atoms with Gasteiger partial charge >= 0.3 is 0 Å². The summed E-state index contributed by atoms with van der Waals surface area (Å²) in [5, 5.41) is 6.35. The number of carbonyl (C=O) groups excluding carboxylic acids is 1. The van der Waals surface area contributed by atoms with Crippen LogP contribution in [0.2, 0.25) is 0 Å². The van der Waals surface area contributed by atoms with Crippen LogP contribution < -0.4 is 10.6 Å². The van der Waals surface area contributed by atoms with Crippen LogP contribution in [0.25, 0.3) is 0 Å². The molecule has 1 fully saturated rings. The fourth-order valence-corrected chi connectivity index (χ4v) is 2.32. The Kier molecular flexibility index (Phi) is 8.02. The van der Waals surface area contributed by atoms with Gasteiger partial charge in [0.15, 0.2) is 0 Å². The van der Waals surface area contributed by atoms with Gasteiger partial charge in [-0.05, 0) is 32.9 Å². The minimum atomic E-state index is 0.0956. The van der Waals surface area contributed by atoms with E-state index in [0.29, 0.717) is 18.6 Å². The van der Waals surface area contributed by atoms with Crippen LogP contribution in [-0.4, -0.2) is 62.3 Å². The molecule has 5 nitrogen and oxygen atoms in total. The van der Waals surface area contributed by atoms with E-state index in [1.807, 2.05) is 0 Å². The third-order valence-corrected chi connectivity index (χ3v) is 3.62. The lowest BCUT2D eigenvalue weighted by atomic mass is 10.1. The average molecular weight is 271 g/mol. The number of hydrogen-bond acceptors (Lipinski definition) is 4. The summed E-state index contributed by atoms with van der Waals surface area (Å²) in [6, 6.07) is 0.626. The Morgan fingerprint density at radius 1 is 1.32 bits per heavy atom. The molecule has 1 atom stereocenters. The first-order chi connectivity index (χ1) is 9.15. The lowest BCUT2D eigenvalue weighted by Gasteiger charge is -2.25. The average Bonchev–Trinajstić information content (AvgIpc) is 2.43. The van der Waals surface area contributed by atoms with Gasteiger partial charge in [-0.15, -0.1) is 0 Å². The molecule has 0 aromatic rings. The van der Waals surface area contributed by atoms with E-state index in [9.17, 15) is 4.79 Å². The van der Waals surface area contributed by atoms with Crippen LogP contribution in [0.1, 0.15) is 33.6 Å². The van der Waals surface area contributed by atoms with Crippen LogP contribution in [0.5, 0.6) is 0 Å². The van der Waals surface area contributed by atoms with Gasteiger partial charge in [0, 0.05) is 31.8 Å². The summed E-state index contributed by atoms with van der Waals surface area (Å²) in [6.07, 6.45) is 1.86. The number of rotatable bonds is 8. The predicted octanol–water partition coefficient (Wildman–Crippen LogP) is 0.602. The molecule has 1 rings (SSSR count). The molecule has 112 valence electrons. The SMILES string of the molecule is CCN(CC)CC(C)NCC(=O)NC1CCOCC1. The Hall–Kier alpha value is -0.650. The second-order valence-corrected chi connectivity index (χ2v) is 5.22. The first-order valence-electron chi connectivity index (χ1n) is 7.48. The number of nitrogens with zero attached hydrogens (tertiary/aromatic N) is 1. The summed E-state index contributed by atoms with van der Waals surface area (Å²) in [5.74, 6) is 0.0956. The molecular formula is C14H29N3O2. The van der Waals surface area contributed by atoms with Crippen molar-refractivity contribution < 1.29 is 9.53 Å². The Morgan fingerprint density at radius 3 is 2.53 bits per heavy atom. The highest BCUT2D eigenvalue weighted by atomic mass is 16.5. The van der Waals surface area contributed by atoms with E-state index in [4.69, 9.17) is 4.74 Å². The molecule has 1 unspecified atom stereocenters. The minimum absolute atomic E-state index is 0.0956. The quantitative estimate of drug-likeness (QED) is 0.679. The standard InChI is InChI=1S/C14H29N3O2/c1-4-17(5-2)11-12(3)15-10-14(18)16-13-6-8-19-9-7-13/h12-13,15H,4-11H2,1-3H3,(H,16,18). The molecule has 1 amide bonds. The molecule has 1 aliphatic heterocycles. The number of hydrogen-bond donors (Lipinski definition) is 2. The molecule has 19 heavy (non-hydrogen) atoms. The molecule has 0 aliphatic carbocycles. The van der Waals surface area contributed by atoms with Gasteiger partial charge in [-0.25, -0.2) is 0 Å². The Labute approximate surface area is 117 Å². The van der Waals surface area contributed by atoms with Crippen molar-refractivity contribution in [2.75, 3.05) is 39.4 Å². The van der Waals surface area contributed by atoms with Crippen LogP contribution in [0, 0.1) is 0 Å². The molecular weight excluding hydrogens is 242 g/mol. The molecule has 0 radical (unpaired) electrons. The van der Waals surface area contributed by atoms with Crippen molar-refractivity contribution in [1.29, 1.82) is 0 Å². The Balaban J connectivity index is 2.14. The zero-order chi connectivity index (χ0) is 14.1. The van der Waals surface area contributed by atoms with Gasteiger partial charge in [0.05, 0.1) is 6.54 Å². The lowest BCUT2D eigenvalue weighted by Crippen LogP contribution is -2.46. The van der Waals surface area contributed by atoms with Crippen molar-refractivity contribution in [2.24, 2.45) is 0 Å². The molecule has 0 bridgehead atoms. The second-order valence-electron chi connectivity index (χ2n) is 5.22. The van der Waals surface area contributed by atoms with E-state index >= 15 is 0 Å². The third-order valence-electron chi connectivity index (χ3n) is 3.62. The summed E-state index contributed by atoms with van der Waals surface area (Å²) in [4.78, 5) is 14.2. The monoisotopic (exact) mass is 271 g/mol. The van der Waals surface area contributed by atoms with Crippen molar-refractivity contribution in [1.82, 2.24) is 15.5 Å². The second kappa shape index (κ2) is 9.28. The molecule has 5 heteroatoms. The zero-order valence-corrected chi connectivity index (χ0v) is 12.6. The molecule has 0 aromatic heterocycles. The number of carbonyl (C=O) groups is 1. The van der Waals surface area contributed by atoms with Gasteiger partial charge in [-0.1, -0.05) is 13.8 Å². The molecule has 0 aromatic carbocycles. The molecule has 0 saturated carbocycles. The Bertz CT molecular complexity index is 251. The van der Waals surface area contributed by atoms with E-state index in [1.54, 1.807) is 0 Å². The van der Waals surface area contributed by atoms with Crippen molar-refractivity contribution >= 4 is 5.91 Å². The Morgan fingerprint density at radius 2 is 1.95 bits per heavy atom. The number of amides is 1. The van der Waals surface area contributed by atoms with E-state index < -0.39 is 0 Å². The first-order valence-corrected chi connectivity index (χ1v) is 7.48. The van der Waals surface area contributed by atoms with Crippen molar-refractivity contribution in [3.8, 4) is 0 Å². The summed E-state index contributed by atoms with van der Waals surface area (Å²) >= 11 is 0. The predicted molar refractivity (Wildman–Crippen MR) is 77.2 cm³/mol. The highest BCUT2D eigenvalue weighted by molar-refractivity contribution is 5.78. The largest absolute Gasteiger partial charge is 0.381 e. The van der Waals surface area contributed by atoms with Gasteiger partial charge in [0.25, 0.3) is 0 Å². The molecule has 0 spiro atoms. The van der Waals surface area contributed by atoms with Gasteiger partial charge in [0.1, 0.15) is 0 Å². The van der Waals surface area contributed by atoms with Gasteiger partial charge in [-0.3, -0.25) is 4.79 Å². The third kappa shape index (κ3) is 6.89. The molecule has 1 aliphatic rings. The molecule has 1 saturated heterocycles. The van der Waals surface area contributed by atoms with Crippen LogP contribution in [0.15, 0.2) is 0 Å². The van der Waals surface area contributed by atoms with Crippen LogP contribution >= 0.6 is 0 Å². The summed E-state index contributed by atoms with van der Waals surface area (Å²) in [6.45, 7) is 11.5. The number of ether oxygens (including phenoxy) is 1. The van der Waals surface area contributed by atoms with Crippen LogP contribution in [-0.2, 0) is 9.53 Å². The highest BCUT2D eigenvalue weighted by Gasteiger charge is 2.16. The zero-order valence-electron chi connectivity index (χ0n) is 12.6. The maximum Gasteiger partial charge on any atom is 0.234 e. The number of nitrogens with one attached hydrogen (secondary N) is 2. The van der Waals surface area contributed by atoms with Crippen molar-refractivity contribution in [3.63, 3.8) is 0 Å². The lowest BCUT2D eigenvalue weighted by molar-refractivity contribution is -0.121. The summed E-state index contributed by atoms with van der Waals surface area (Å²) < 4.78 is 5.28. The van der Waals surface area contributed by atoms with Gasteiger partial charge < -0.3 is 20.3 Å². The van der Waals surface area contributed by atoms with Crippen LogP contribution in [0.3, 0.4) is 0 Å². The van der Waals surface area contributed by atoms with Gasteiger partial charge in [-0.2, -0.15) is 0 Å². The number of likely N-dealkylation sites (N-methyl/N-ethyl adjacent to an activating group) is 1. The molecule has 2 N–H and O–H groups in total. The fraction of sp³-hybridized carbons (Fsp3) is 0.929. The summed E-state index contributed by atoms with van der Waals surface area (Å²) in [5.41, 5.74) is 0. The van der Waals surface area contributed by atoms with Crippen molar-refractivity contribution in [2.45, 2.75) is 45.7 Å². The maximum absolute atomic E-state index is 11.8. The fourth-order valence-electron chi connectivity index (χ4n) is 2.32. The normalized spacial score (nSPS) is 18.5. The van der Waals surface area contributed by atoms with E-state index in [2.05, 4.69) is 36.3 Å². The molecule has 1 heterocycles. The van der Waals surface area contributed by atoms with E-state index in [0.717, 1.165) is 45.7 Å². The van der Waals surface area contributed by atoms with E-state index in [-0.39, 0.29) is 5.91 Å². The first kappa shape index (κ1) is 16.4. The van der Waals surface area contributed by atoms with E-state index in [1.165, 1.54) is 0 Å². The summed E-state index contributed by atoms with van der Waals surface area (Å²) in [7, 11) is 0. The topological polar surface area (TPSA) is 53.6 Å².